The van der Waals surface area contributed by atoms with Gasteiger partial charge in [-0.1, -0.05) is 30.3 Å². The Balaban J connectivity index is 2.04. The van der Waals surface area contributed by atoms with Crippen LogP contribution in [0.15, 0.2) is 60.8 Å². The van der Waals surface area contributed by atoms with E-state index in [1.54, 1.807) is 48.5 Å². The molecule has 5 heteroatoms. The largest absolute Gasteiger partial charge is 0.508 e. The maximum Gasteiger partial charge on any atom is 0.215 e. The summed E-state index contributed by atoms with van der Waals surface area (Å²) >= 11 is 0. The molecule has 1 heterocycles. The molecule has 0 fully saturated rings. The molecule has 3 aromatic rings. The van der Waals surface area contributed by atoms with E-state index in [0.717, 1.165) is 5.56 Å². The van der Waals surface area contributed by atoms with Crippen LogP contribution < -0.4 is 5.73 Å². The van der Waals surface area contributed by atoms with Gasteiger partial charge in [0.15, 0.2) is 11.5 Å². The molecule has 0 bridgehead atoms. The Morgan fingerprint density at radius 1 is 1.00 bits per heavy atom. The van der Waals surface area contributed by atoms with Gasteiger partial charge >= 0.3 is 0 Å². The number of nitrogens with two attached hydrogens (primary N) is 1. The first-order valence-corrected chi connectivity index (χ1v) is 6.67. The molecule has 0 saturated carbocycles. The van der Waals surface area contributed by atoms with Crippen molar-refractivity contribution in [3.05, 3.63) is 72.1 Å². The Morgan fingerprint density at radius 3 is 2.36 bits per heavy atom. The van der Waals surface area contributed by atoms with Crippen molar-refractivity contribution >= 4 is 11.6 Å². The van der Waals surface area contributed by atoms with Crippen LogP contribution in [-0.2, 0) is 0 Å². The smallest absolute Gasteiger partial charge is 0.215 e. The summed E-state index contributed by atoms with van der Waals surface area (Å²) in [6.45, 7) is 0. The van der Waals surface area contributed by atoms with Gasteiger partial charge in [0.1, 0.15) is 5.75 Å². The van der Waals surface area contributed by atoms with E-state index in [-0.39, 0.29) is 23.0 Å². The lowest BCUT2D eigenvalue weighted by Gasteiger charge is -2.07. The first-order valence-electron chi connectivity index (χ1n) is 6.67. The van der Waals surface area contributed by atoms with Gasteiger partial charge < -0.3 is 10.8 Å². The molecule has 0 radical (unpaired) electrons. The highest BCUT2D eigenvalue weighted by molar-refractivity contribution is 6.10. The minimum absolute atomic E-state index is 0.0939. The van der Waals surface area contributed by atoms with Gasteiger partial charge in [-0.25, -0.2) is 9.97 Å². The van der Waals surface area contributed by atoms with Crippen molar-refractivity contribution in [1.82, 2.24) is 9.97 Å². The third kappa shape index (κ3) is 2.64. The Labute approximate surface area is 127 Å². The number of carbonyl (C=O) groups is 1. The average molecular weight is 291 g/mol. The predicted molar refractivity (Wildman–Crippen MR) is 83.4 cm³/mol. The van der Waals surface area contributed by atoms with Gasteiger partial charge in [-0.3, -0.25) is 4.79 Å². The van der Waals surface area contributed by atoms with Gasteiger partial charge in [0.25, 0.3) is 0 Å². The van der Waals surface area contributed by atoms with Crippen LogP contribution >= 0.6 is 0 Å². The van der Waals surface area contributed by atoms with Crippen LogP contribution in [0.5, 0.6) is 5.75 Å². The number of ketones is 1. The van der Waals surface area contributed by atoms with Gasteiger partial charge in [-0.05, 0) is 24.3 Å². The highest BCUT2D eigenvalue weighted by Crippen LogP contribution is 2.22. The van der Waals surface area contributed by atoms with E-state index >= 15 is 0 Å². The van der Waals surface area contributed by atoms with Crippen molar-refractivity contribution in [3.63, 3.8) is 0 Å². The van der Waals surface area contributed by atoms with E-state index in [1.807, 2.05) is 6.07 Å². The Kier molecular flexibility index (Phi) is 3.53. The molecule has 0 aliphatic heterocycles. The van der Waals surface area contributed by atoms with Crippen molar-refractivity contribution in [2.45, 2.75) is 0 Å². The van der Waals surface area contributed by atoms with Gasteiger partial charge in [0.05, 0.1) is 11.9 Å². The third-order valence-electron chi connectivity index (χ3n) is 3.21. The monoisotopic (exact) mass is 291 g/mol. The molecular formula is C17H13N3O2. The van der Waals surface area contributed by atoms with Gasteiger partial charge in [0, 0.05) is 11.1 Å². The summed E-state index contributed by atoms with van der Waals surface area (Å²) in [7, 11) is 0. The molecule has 0 spiro atoms. The number of aromatic hydroxyl groups is 1. The lowest BCUT2D eigenvalue weighted by atomic mass is 10.1. The van der Waals surface area contributed by atoms with Crippen molar-refractivity contribution in [2.24, 2.45) is 0 Å². The number of phenolic OH excluding ortho intramolecular Hbond substituents is 1. The molecular weight excluding hydrogens is 278 g/mol. The quantitative estimate of drug-likeness (QED) is 0.724. The number of aromatic nitrogens is 2. The molecule has 2 aromatic carbocycles. The number of nitrogen functional groups attached to an aromatic ring is 1. The lowest BCUT2D eigenvalue weighted by Crippen LogP contribution is -2.10. The van der Waals surface area contributed by atoms with Crippen molar-refractivity contribution in [1.29, 1.82) is 0 Å². The zero-order chi connectivity index (χ0) is 15.5. The number of nitrogens with zero attached hydrogens (tertiary/aromatic N) is 2. The highest BCUT2D eigenvalue weighted by atomic mass is 16.3. The van der Waals surface area contributed by atoms with E-state index in [2.05, 4.69) is 9.97 Å². The predicted octanol–water partition coefficient (Wildman–Crippen LogP) is 2.66. The summed E-state index contributed by atoms with van der Waals surface area (Å²) in [6, 6.07) is 15.3. The van der Waals surface area contributed by atoms with Gasteiger partial charge in [0.2, 0.25) is 5.78 Å². The van der Waals surface area contributed by atoms with Crippen LogP contribution in [0.25, 0.3) is 11.3 Å². The molecule has 108 valence electrons. The lowest BCUT2D eigenvalue weighted by molar-refractivity contribution is 0.103. The zero-order valence-corrected chi connectivity index (χ0v) is 11.6. The van der Waals surface area contributed by atoms with Crippen LogP contribution in [0.3, 0.4) is 0 Å². The van der Waals surface area contributed by atoms with E-state index in [0.29, 0.717) is 11.3 Å². The Bertz CT molecular complexity index is 815. The van der Waals surface area contributed by atoms with Crippen LogP contribution in [0.4, 0.5) is 5.82 Å². The first kappa shape index (κ1) is 13.8. The maximum absolute atomic E-state index is 12.5. The summed E-state index contributed by atoms with van der Waals surface area (Å²) < 4.78 is 0. The second-order valence-electron chi connectivity index (χ2n) is 4.73. The van der Waals surface area contributed by atoms with Crippen LogP contribution in [0, 0.1) is 0 Å². The van der Waals surface area contributed by atoms with E-state index in [4.69, 9.17) is 5.73 Å². The Morgan fingerprint density at radius 2 is 1.68 bits per heavy atom. The minimum Gasteiger partial charge on any atom is -0.508 e. The molecule has 0 unspecified atom stereocenters. The van der Waals surface area contributed by atoms with Crippen molar-refractivity contribution < 1.29 is 9.90 Å². The molecule has 0 saturated heterocycles. The molecule has 3 rings (SSSR count). The standard InChI is InChI=1S/C17H13N3O2/c18-17-15(16(22)12-4-2-1-3-5-12)20-14(10-19-17)11-6-8-13(21)9-7-11/h1-10,21H,(H2,18,19). The fraction of sp³-hybridized carbons (Fsp3) is 0. The number of rotatable bonds is 3. The molecule has 5 nitrogen and oxygen atoms in total. The SMILES string of the molecule is Nc1ncc(-c2ccc(O)cc2)nc1C(=O)c1ccccc1. The van der Waals surface area contributed by atoms with E-state index < -0.39 is 0 Å². The second-order valence-corrected chi connectivity index (χ2v) is 4.73. The fourth-order valence-electron chi connectivity index (χ4n) is 2.06. The van der Waals surface area contributed by atoms with Crippen LogP contribution in [-0.4, -0.2) is 20.9 Å². The number of phenols is 1. The molecule has 0 aliphatic rings. The summed E-state index contributed by atoms with van der Waals surface area (Å²) in [5.41, 5.74) is 7.69. The third-order valence-corrected chi connectivity index (χ3v) is 3.21. The van der Waals surface area contributed by atoms with Gasteiger partial charge in [-0.15, -0.1) is 0 Å². The molecule has 0 atom stereocenters. The Hall–Kier alpha value is -3.21. The summed E-state index contributed by atoms with van der Waals surface area (Å²) in [5, 5.41) is 9.33. The maximum atomic E-state index is 12.5. The number of hydrogen-bond donors (Lipinski definition) is 2. The molecule has 22 heavy (non-hydrogen) atoms. The molecule has 0 aliphatic carbocycles. The minimum atomic E-state index is -0.272. The summed E-state index contributed by atoms with van der Waals surface area (Å²) in [6.07, 6.45) is 1.50. The van der Waals surface area contributed by atoms with Crippen LogP contribution in [0.2, 0.25) is 0 Å². The van der Waals surface area contributed by atoms with E-state index in [9.17, 15) is 9.90 Å². The molecule has 1 aromatic heterocycles. The number of hydrogen-bond acceptors (Lipinski definition) is 5. The van der Waals surface area contributed by atoms with Crippen molar-refractivity contribution in [3.8, 4) is 17.0 Å². The number of benzene rings is 2. The summed E-state index contributed by atoms with van der Waals surface area (Å²) in [4.78, 5) is 20.9. The topological polar surface area (TPSA) is 89.1 Å². The van der Waals surface area contributed by atoms with Crippen LogP contribution in [0.1, 0.15) is 16.1 Å². The average Bonchev–Trinajstić information content (AvgIpc) is 2.56. The van der Waals surface area contributed by atoms with Crippen molar-refractivity contribution in [2.75, 3.05) is 5.73 Å². The second kappa shape index (κ2) is 5.65. The summed E-state index contributed by atoms with van der Waals surface area (Å²) in [5.74, 6) is -0.0182. The molecule has 0 amide bonds. The zero-order valence-electron chi connectivity index (χ0n) is 11.6. The number of anilines is 1. The number of carbonyl (C=O) groups excluding carboxylic acids is 1. The van der Waals surface area contributed by atoms with E-state index in [1.165, 1.54) is 6.20 Å². The highest BCUT2D eigenvalue weighted by Gasteiger charge is 2.16. The fourth-order valence-corrected chi connectivity index (χ4v) is 2.06. The van der Waals surface area contributed by atoms with Gasteiger partial charge in [-0.2, -0.15) is 0 Å². The first-order chi connectivity index (χ1) is 10.6. The normalized spacial score (nSPS) is 10.4. The molecule has 3 N–H and O–H groups in total.